The number of hydrogen-bond donors (Lipinski definition) is 1. The molecule has 2 rings (SSSR count). The molecule has 1 saturated heterocycles. The smallest absolute Gasteiger partial charge is 0.306 e. The molecule has 0 saturated carbocycles. The molecule has 1 aromatic rings. The summed E-state index contributed by atoms with van der Waals surface area (Å²) >= 11 is 3.48. The first-order valence-corrected chi connectivity index (χ1v) is 7.60. The third-order valence-corrected chi connectivity index (χ3v) is 4.47. The molecule has 110 valence electrons. The largest absolute Gasteiger partial charge is 0.496 e. The molecule has 0 radical (unpaired) electrons. The van der Waals surface area contributed by atoms with Crippen molar-refractivity contribution in [1.82, 2.24) is 4.90 Å². The minimum absolute atomic E-state index is 0.203. The second-order valence-corrected chi connectivity index (χ2v) is 6.25. The van der Waals surface area contributed by atoms with Gasteiger partial charge in [0.25, 0.3) is 0 Å². The molecule has 1 aliphatic rings. The topological polar surface area (TPSA) is 49.8 Å². The number of ether oxygens (including phenoxy) is 1. The Kier molecular flexibility index (Phi) is 5.05. The number of likely N-dealkylation sites (tertiary alicyclic amines) is 1. The number of carbonyl (C=O) groups is 1. The highest BCUT2D eigenvalue weighted by Crippen LogP contribution is 2.29. The molecular weight excluding hydrogens is 322 g/mol. The lowest BCUT2D eigenvalue weighted by Crippen LogP contribution is -2.42. The van der Waals surface area contributed by atoms with Gasteiger partial charge in [-0.1, -0.05) is 15.9 Å². The normalized spacial score (nSPS) is 23.6. The molecule has 0 spiro atoms. The number of hydrogen-bond acceptors (Lipinski definition) is 3. The van der Waals surface area contributed by atoms with Gasteiger partial charge in [0.2, 0.25) is 0 Å². The predicted molar refractivity (Wildman–Crippen MR) is 80.9 cm³/mol. The van der Waals surface area contributed by atoms with Gasteiger partial charge in [-0.25, -0.2) is 0 Å². The van der Waals surface area contributed by atoms with Gasteiger partial charge in [0, 0.05) is 22.6 Å². The van der Waals surface area contributed by atoms with Crippen LogP contribution in [0.5, 0.6) is 5.75 Å². The van der Waals surface area contributed by atoms with Crippen LogP contribution in [0.1, 0.15) is 25.3 Å². The van der Waals surface area contributed by atoms with Crippen LogP contribution < -0.4 is 4.74 Å². The maximum absolute atomic E-state index is 11.1. The van der Waals surface area contributed by atoms with Gasteiger partial charge in [0.1, 0.15) is 5.75 Å². The standard InChI is InChI=1S/C15H20BrNO3/c1-10-7-11(15(18)19)5-6-17(10)9-12-8-13(16)3-4-14(12)20-2/h3-4,8,10-11H,5-7,9H2,1-2H3,(H,18,19). The van der Waals surface area contributed by atoms with E-state index in [-0.39, 0.29) is 12.0 Å². The zero-order valence-corrected chi connectivity index (χ0v) is 13.4. The molecule has 0 aliphatic carbocycles. The number of carboxylic acid groups (broad SMARTS) is 1. The predicted octanol–water partition coefficient (Wildman–Crippen LogP) is 3.14. The molecule has 0 amide bonds. The van der Waals surface area contributed by atoms with Gasteiger partial charge < -0.3 is 9.84 Å². The van der Waals surface area contributed by atoms with Gasteiger partial charge >= 0.3 is 5.97 Å². The van der Waals surface area contributed by atoms with Gasteiger partial charge in [-0.2, -0.15) is 0 Å². The van der Waals surface area contributed by atoms with E-state index in [1.54, 1.807) is 7.11 Å². The number of benzene rings is 1. The molecular formula is C15H20BrNO3. The second-order valence-electron chi connectivity index (χ2n) is 5.34. The van der Waals surface area contributed by atoms with Crippen molar-refractivity contribution in [2.24, 2.45) is 5.92 Å². The average Bonchev–Trinajstić information content (AvgIpc) is 2.41. The summed E-state index contributed by atoms with van der Waals surface area (Å²) in [7, 11) is 1.67. The van der Waals surface area contributed by atoms with Crippen molar-refractivity contribution in [3.8, 4) is 5.75 Å². The lowest BCUT2D eigenvalue weighted by Gasteiger charge is -2.36. The van der Waals surface area contributed by atoms with E-state index in [1.165, 1.54) is 0 Å². The number of piperidine rings is 1. The second kappa shape index (κ2) is 6.59. The molecule has 1 aromatic carbocycles. The minimum atomic E-state index is -0.670. The lowest BCUT2D eigenvalue weighted by molar-refractivity contribution is -0.144. The molecule has 2 atom stereocenters. The van der Waals surface area contributed by atoms with Crippen LogP contribution in [0.2, 0.25) is 0 Å². The first-order valence-electron chi connectivity index (χ1n) is 6.80. The molecule has 0 aromatic heterocycles. The van der Waals surface area contributed by atoms with Crippen LogP contribution in [0.3, 0.4) is 0 Å². The van der Waals surface area contributed by atoms with Crippen molar-refractivity contribution in [3.63, 3.8) is 0 Å². The monoisotopic (exact) mass is 341 g/mol. The van der Waals surface area contributed by atoms with E-state index in [2.05, 4.69) is 33.8 Å². The van der Waals surface area contributed by atoms with E-state index in [0.29, 0.717) is 6.42 Å². The van der Waals surface area contributed by atoms with Crippen molar-refractivity contribution < 1.29 is 14.6 Å². The summed E-state index contributed by atoms with van der Waals surface area (Å²) in [6, 6.07) is 6.25. The van der Waals surface area contributed by atoms with Crippen molar-refractivity contribution in [3.05, 3.63) is 28.2 Å². The maximum Gasteiger partial charge on any atom is 0.306 e. The van der Waals surface area contributed by atoms with E-state index < -0.39 is 5.97 Å². The zero-order chi connectivity index (χ0) is 14.7. The minimum Gasteiger partial charge on any atom is -0.496 e. The Morgan fingerprint density at radius 2 is 2.30 bits per heavy atom. The molecule has 0 bridgehead atoms. The third-order valence-electron chi connectivity index (χ3n) is 3.98. The fourth-order valence-electron chi connectivity index (χ4n) is 2.77. The Bertz CT molecular complexity index is 492. The lowest BCUT2D eigenvalue weighted by atomic mass is 9.91. The van der Waals surface area contributed by atoms with Gasteiger partial charge in [0.15, 0.2) is 0 Å². The SMILES string of the molecule is COc1ccc(Br)cc1CN1CCC(C(=O)O)CC1C. The van der Waals surface area contributed by atoms with Crippen LogP contribution in [-0.4, -0.2) is 35.7 Å². The quantitative estimate of drug-likeness (QED) is 0.913. The molecule has 20 heavy (non-hydrogen) atoms. The highest BCUT2D eigenvalue weighted by molar-refractivity contribution is 9.10. The molecule has 2 unspecified atom stereocenters. The molecule has 1 heterocycles. The molecule has 1 fully saturated rings. The number of halogens is 1. The Morgan fingerprint density at radius 3 is 2.90 bits per heavy atom. The Balaban J connectivity index is 2.07. The van der Waals surface area contributed by atoms with Crippen LogP contribution >= 0.6 is 15.9 Å². The van der Waals surface area contributed by atoms with Crippen molar-refractivity contribution in [2.75, 3.05) is 13.7 Å². The summed E-state index contributed by atoms with van der Waals surface area (Å²) in [5.74, 6) is 0.00273. The molecule has 1 N–H and O–H groups in total. The van der Waals surface area contributed by atoms with Gasteiger partial charge in [-0.15, -0.1) is 0 Å². The van der Waals surface area contributed by atoms with Gasteiger partial charge in [-0.05, 0) is 44.5 Å². The summed E-state index contributed by atoms with van der Waals surface area (Å²) in [5, 5.41) is 9.11. The number of rotatable bonds is 4. The maximum atomic E-state index is 11.1. The van der Waals surface area contributed by atoms with E-state index in [1.807, 2.05) is 12.1 Å². The summed E-state index contributed by atoms with van der Waals surface area (Å²) in [6.45, 7) is 3.70. The number of nitrogens with zero attached hydrogens (tertiary/aromatic N) is 1. The van der Waals surface area contributed by atoms with E-state index >= 15 is 0 Å². The Labute approximate surface area is 127 Å². The number of methoxy groups -OCH3 is 1. The summed E-state index contributed by atoms with van der Waals surface area (Å²) in [5.41, 5.74) is 1.13. The number of aliphatic carboxylic acids is 1. The highest BCUT2D eigenvalue weighted by atomic mass is 79.9. The van der Waals surface area contributed by atoms with Crippen LogP contribution in [0.25, 0.3) is 0 Å². The van der Waals surface area contributed by atoms with E-state index in [4.69, 9.17) is 9.84 Å². The van der Waals surface area contributed by atoms with Crippen molar-refractivity contribution in [2.45, 2.75) is 32.4 Å². The zero-order valence-electron chi connectivity index (χ0n) is 11.8. The molecule has 4 nitrogen and oxygen atoms in total. The van der Waals surface area contributed by atoms with Gasteiger partial charge in [-0.3, -0.25) is 9.69 Å². The Hall–Kier alpha value is -1.07. The first kappa shape index (κ1) is 15.3. The van der Waals surface area contributed by atoms with E-state index in [9.17, 15) is 4.79 Å². The van der Waals surface area contributed by atoms with E-state index in [0.717, 1.165) is 35.3 Å². The van der Waals surface area contributed by atoms with Crippen LogP contribution in [0, 0.1) is 5.92 Å². The average molecular weight is 342 g/mol. The summed E-state index contributed by atoms with van der Waals surface area (Å²) < 4.78 is 6.42. The summed E-state index contributed by atoms with van der Waals surface area (Å²) in [6.07, 6.45) is 1.43. The van der Waals surface area contributed by atoms with Crippen LogP contribution in [0.15, 0.2) is 22.7 Å². The number of carboxylic acids is 1. The third kappa shape index (κ3) is 3.52. The van der Waals surface area contributed by atoms with Crippen molar-refractivity contribution in [1.29, 1.82) is 0 Å². The van der Waals surface area contributed by atoms with Gasteiger partial charge in [0.05, 0.1) is 13.0 Å². The highest BCUT2D eigenvalue weighted by Gasteiger charge is 2.29. The Morgan fingerprint density at radius 1 is 1.55 bits per heavy atom. The fraction of sp³-hybridized carbons (Fsp3) is 0.533. The fourth-order valence-corrected chi connectivity index (χ4v) is 3.18. The molecule has 5 heteroatoms. The van der Waals surface area contributed by atoms with Crippen LogP contribution in [0.4, 0.5) is 0 Å². The van der Waals surface area contributed by atoms with Crippen molar-refractivity contribution >= 4 is 21.9 Å². The molecule has 1 aliphatic heterocycles. The first-order chi connectivity index (χ1) is 9.51. The summed E-state index contributed by atoms with van der Waals surface area (Å²) in [4.78, 5) is 13.4. The van der Waals surface area contributed by atoms with Crippen LogP contribution in [-0.2, 0) is 11.3 Å².